The second-order valence-electron chi connectivity index (χ2n) is 12.1. The van der Waals surface area contributed by atoms with Crippen molar-refractivity contribution in [3.63, 3.8) is 0 Å². The molecule has 166 valence electrons. The first-order valence-electron chi connectivity index (χ1n) is 13.0. The van der Waals surface area contributed by atoms with Gasteiger partial charge in [-0.2, -0.15) is 0 Å². The third-order valence-corrected chi connectivity index (χ3v) is 11.1. The number of carboxylic acids is 1. The van der Waals surface area contributed by atoms with E-state index in [4.69, 9.17) is 5.11 Å². The first-order valence-corrected chi connectivity index (χ1v) is 13.0. The van der Waals surface area contributed by atoms with Crippen LogP contribution in [0.15, 0.2) is 0 Å². The van der Waals surface area contributed by atoms with Crippen molar-refractivity contribution in [1.29, 1.82) is 0 Å². The molecule has 29 heavy (non-hydrogen) atoms. The van der Waals surface area contributed by atoms with E-state index in [0.29, 0.717) is 23.2 Å². The van der Waals surface area contributed by atoms with E-state index in [0.717, 1.165) is 48.3 Å². The Bertz CT molecular complexity index is 599. The predicted octanol–water partition coefficient (Wildman–Crippen LogP) is 7.56. The number of carbonyl (C=O) groups is 1. The van der Waals surface area contributed by atoms with Gasteiger partial charge in [0.1, 0.15) is 0 Å². The summed E-state index contributed by atoms with van der Waals surface area (Å²) in [5, 5.41) is 9.03. The molecule has 0 spiro atoms. The van der Waals surface area contributed by atoms with E-state index >= 15 is 0 Å². The third-order valence-electron chi connectivity index (χ3n) is 11.1. The van der Waals surface area contributed by atoms with E-state index in [1.165, 1.54) is 64.2 Å². The highest BCUT2D eigenvalue weighted by molar-refractivity contribution is 5.66. The van der Waals surface area contributed by atoms with Crippen LogP contribution in [0.3, 0.4) is 0 Å². The smallest absolute Gasteiger partial charge is 0.303 e. The van der Waals surface area contributed by atoms with Crippen molar-refractivity contribution >= 4 is 5.97 Å². The minimum Gasteiger partial charge on any atom is -0.481 e. The monoisotopic (exact) mass is 402 g/mol. The van der Waals surface area contributed by atoms with Crippen molar-refractivity contribution < 1.29 is 9.90 Å². The summed E-state index contributed by atoms with van der Waals surface area (Å²) in [4.78, 5) is 11.0. The van der Waals surface area contributed by atoms with Crippen LogP contribution in [0, 0.1) is 52.3 Å². The minimum atomic E-state index is -0.628. The molecule has 2 heteroatoms. The lowest BCUT2D eigenvalue weighted by molar-refractivity contribution is -0.138. The number of hydrogen-bond donors (Lipinski definition) is 1. The maximum absolute atomic E-state index is 11.0. The highest BCUT2D eigenvalue weighted by Crippen LogP contribution is 2.69. The Morgan fingerprint density at radius 1 is 1.00 bits per heavy atom. The van der Waals surface area contributed by atoms with Crippen LogP contribution >= 0.6 is 0 Å². The van der Waals surface area contributed by atoms with Gasteiger partial charge in [0, 0.05) is 6.42 Å². The SMILES string of the molecule is CC[C@H]1CC2C3CC[C@H]([C@H](C)CCCC(=O)O)[C@@]3(C)CCC2[C@@]2(C)CCCC[C@@H]12. The average Bonchev–Trinajstić information content (AvgIpc) is 3.04. The fraction of sp³-hybridized carbons (Fsp3) is 0.963. The maximum Gasteiger partial charge on any atom is 0.303 e. The molecule has 0 heterocycles. The first kappa shape index (κ1) is 21.7. The molecule has 9 atom stereocenters. The molecule has 1 N–H and O–H groups in total. The van der Waals surface area contributed by atoms with Crippen LogP contribution in [0.25, 0.3) is 0 Å². The van der Waals surface area contributed by atoms with Gasteiger partial charge in [-0.1, -0.05) is 47.0 Å². The van der Waals surface area contributed by atoms with Gasteiger partial charge in [0.25, 0.3) is 0 Å². The van der Waals surface area contributed by atoms with Gasteiger partial charge in [0.05, 0.1) is 0 Å². The van der Waals surface area contributed by atoms with Crippen LogP contribution < -0.4 is 0 Å². The summed E-state index contributed by atoms with van der Waals surface area (Å²) >= 11 is 0. The summed E-state index contributed by atoms with van der Waals surface area (Å²) in [5.74, 6) is 5.72. The van der Waals surface area contributed by atoms with Crippen molar-refractivity contribution in [3.05, 3.63) is 0 Å². The molecule has 0 aromatic carbocycles. The number of aliphatic carboxylic acids is 1. The molecule has 0 aliphatic heterocycles. The van der Waals surface area contributed by atoms with Crippen LogP contribution in [0.1, 0.15) is 111 Å². The van der Waals surface area contributed by atoms with Crippen LogP contribution in [0.5, 0.6) is 0 Å². The lowest BCUT2D eigenvalue weighted by atomic mass is 9.42. The molecule has 4 aliphatic carbocycles. The summed E-state index contributed by atoms with van der Waals surface area (Å²) in [5.41, 5.74) is 1.13. The van der Waals surface area contributed by atoms with Crippen LogP contribution in [-0.4, -0.2) is 11.1 Å². The van der Waals surface area contributed by atoms with Gasteiger partial charge in [0.15, 0.2) is 0 Å². The number of fused-ring (bicyclic) bond motifs is 5. The zero-order chi connectivity index (χ0) is 20.8. The second kappa shape index (κ2) is 8.19. The van der Waals surface area contributed by atoms with E-state index in [2.05, 4.69) is 27.7 Å². The third kappa shape index (κ3) is 3.59. The topological polar surface area (TPSA) is 37.3 Å². The zero-order valence-corrected chi connectivity index (χ0v) is 19.6. The van der Waals surface area contributed by atoms with Gasteiger partial charge in [-0.15, -0.1) is 0 Å². The molecule has 0 bridgehead atoms. The van der Waals surface area contributed by atoms with Crippen molar-refractivity contribution in [2.45, 2.75) is 111 Å². The van der Waals surface area contributed by atoms with E-state index in [-0.39, 0.29) is 0 Å². The molecule has 0 amide bonds. The summed E-state index contributed by atoms with van der Waals surface area (Å²) in [6.07, 6.45) is 16.9. The van der Waals surface area contributed by atoms with Crippen molar-refractivity contribution in [2.24, 2.45) is 52.3 Å². The first-order chi connectivity index (χ1) is 13.8. The van der Waals surface area contributed by atoms with Gasteiger partial charge in [0.2, 0.25) is 0 Å². The molecule has 0 radical (unpaired) electrons. The summed E-state index contributed by atoms with van der Waals surface area (Å²) in [6.45, 7) is 10.2. The second-order valence-corrected chi connectivity index (χ2v) is 12.1. The minimum absolute atomic E-state index is 0.347. The van der Waals surface area contributed by atoms with E-state index < -0.39 is 5.97 Å². The van der Waals surface area contributed by atoms with Crippen molar-refractivity contribution in [2.75, 3.05) is 0 Å². The fourth-order valence-electron chi connectivity index (χ4n) is 9.77. The molecule has 2 nitrogen and oxygen atoms in total. The summed E-state index contributed by atoms with van der Waals surface area (Å²) < 4.78 is 0. The Hall–Kier alpha value is -0.530. The molecule has 3 unspecified atom stereocenters. The van der Waals surface area contributed by atoms with E-state index in [9.17, 15) is 4.79 Å². The molecule has 4 aliphatic rings. The van der Waals surface area contributed by atoms with Crippen LogP contribution in [0.2, 0.25) is 0 Å². The lowest BCUT2D eigenvalue weighted by Gasteiger charge is -2.63. The van der Waals surface area contributed by atoms with Gasteiger partial charge < -0.3 is 5.11 Å². The Kier molecular flexibility index (Phi) is 6.13. The number of hydrogen-bond acceptors (Lipinski definition) is 1. The molecule has 0 aromatic heterocycles. The largest absolute Gasteiger partial charge is 0.481 e. The molecule has 0 aromatic rings. The summed E-state index contributed by atoms with van der Waals surface area (Å²) in [6, 6.07) is 0. The van der Waals surface area contributed by atoms with E-state index in [1.54, 1.807) is 0 Å². The van der Waals surface area contributed by atoms with Gasteiger partial charge in [-0.05, 0) is 110 Å². The van der Waals surface area contributed by atoms with Crippen molar-refractivity contribution in [1.82, 2.24) is 0 Å². The average molecular weight is 403 g/mol. The van der Waals surface area contributed by atoms with Gasteiger partial charge in [-0.25, -0.2) is 0 Å². The predicted molar refractivity (Wildman–Crippen MR) is 120 cm³/mol. The highest BCUT2D eigenvalue weighted by Gasteiger charge is 2.61. The quantitative estimate of drug-likeness (QED) is 0.497. The van der Waals surface area contributed by atoms with Crippen LogP contribution in [0.4, 0.5) is 0 Å². The molecular weight excluding hydrogens is 356 g/mol. The van der Waals surface area contributed by atoms with Gasteiger partial charge >= 0.3 is 5.97 Å². The van der Waals surface area contributed by atoms with Crippen molar-refractivity contribution in [3.8, 4) is 0 Å². The lowest BCUT2D eigenvalue weighted by Crippen LogP contribution is -2.55. The van der Waals surface area contributed by atoms with Gasteiger partial charge in [-0.3, -0.25) is 4.79 Å². The summed E-state index contributed by atoms with van der Waals surface area (Å²) in [7, 11) is 0. The Morgan fingerprint density at radius 3 is 2.48 bits per heavy atom. The normalized spacial score (nSPS) is 47.7. The standard InChI is InChI=1S/C27H46O2/c1-5-19-17-20-23-13-12-21(18(2)9-8-11-25(28)29)27(23,4)16-14-24(20)26(3)15-7-6-10-22(19)26/h18-24H,5-17H2,1-4H3,(H,28,29)/t18-,19+,20?,21-,22+,23?,24?,26+,27-/m1/s1. The maximum atomic E-state index is 11.0. The van der Waals surface area contributed by atoms with E-state index in [1.807, 2.05) is 0 Å². The Balaban J connectivity index is 1.52. The Labute approximate surface area is 179 Å². The number of rotatable bonds is 6. The molecule has 4 fully saturated rings. The molecule has 4 saturated carbocycles. The number of carboxylic acid groups (broad SMARTS) is 1. The highest BCUT2D eigenvalue weighted by atomic mass is 16.4. The van der Waals surface area contributed by atoms with Crippen LogP contribution in [-0.2, 0) is 4.79 Å². The Morgan fingerprint density at radius 2 is 1.76 bits per heavy atom. The molecular formula is C27H46O2. The molecule has 0 saturated heterocycles. The molecule has 4 rings (SSSR count). The fourth-order valence-corrected chi connectivity index (χ4v) is 9.77. The zero-order valence-electron chi connectivity index (χ0n) is 19.6.